The third kappa shape index (κ3) is 4.53. The minimum absolute atomic E-state index is 0.0859. The van der Waals surface area contributed by atoms with E-state index in [-0.39, 0.29) is 5.91 Å². The summed E-state index contributed by atoms with van der Waals surface area (Å²) in [4.78, 5) is 17.9. The van der Waals surface area contributed by atoms with Crippen LogP contribution < -0.4 is 9.47 Å². The van der Waals surface area contributed by atoms with Gasteiger partial charge in [0.25, 0.3) is 5.91 Å². The first-order valence-corrected chi connectivity index (χ1v) is 11.0. The molecule has 162 valence electrons. The maximum atomic E-state index is 13.5. The first-order valence-electron chi connectivity index (χ1n) is 11.0. The van der Waals surface area contributed by atoms with Crippen LogP contribution in [0.2, 0.25) is 0 Å². The van der Waals surface area contributed by atoms with Crippen LogP contribution in [0.1, 0.15) is 16.7 Å². The molecule has 1 amide bonds. The molecule has 0 aliphatic carbocycles. The summed E-state index contributed by atoms with van der Waals surface area (Å²) < 4.78 is 10.9. The van der Waals surface area contributed by atoms with Crippen LogP contribution in [0.4, 0.5) is 0 Å². The van der Waals surface area contributed by atoms with Gasteiger partial charge in [0, 0.05) is 38.3 Å². The van der Waals surface area contributed by atoms with Crippen LogP contribution in [0.25, 0.3) is 11.6 Å². The van der Waals surface area contributed by atoms with Crippen molar-refractivity contribution in [3.63, 3.8) is 0 Å². The minimum atomic E-state index is 0.0859. The summed E-state index contributed by atoms with van der Waals surface area (Å²) in [5.41, 5.74) is 3.91. The molecule has 5 nitrogen and oxygen atoms in total. The molecule has 1 saturated heterocycles. The highest BCUT2D eigenvalue weighted by atomic mass is 16.7. The van der Waals surface area contributed by atoms with Crippen LogP contribution in [-0.4, -0.2) is 48.7 Å². The Labute approximate surface area is 188 Å². The molecule has 0 bridgehead atoms. The summed E-state index contributed by atoms with van der Waals surface area (Å²) in [6.45, 7) is 4.23. The average molecular weight is 427 g/mol. The Balaban J connectivity index is 1.27. The van der Waals surface area contributed by atoms with Crippen molar-refractivity contribution in [2.24, 2.45) is 0 Å². The van der Waals surface area contributed by atoms with E-state index in [1.54, 1.807) is 0 Å². The van der Waals surface area contributed by atoms with Crippen molar-refractivity contribution in [3.8, 4) is 11.5 Å². The van der Waals surface area contributed by atoms with Crippen LogP contribution in [0.5, 0.6) is 11.5 Å². The van der Waals surface area contributed by atoms with Crippen LogP contribution in [0.3, 0.4) is 0 Å². The first kappa shape index (κ1) is 20.3. The summed E-state index contributed by atoms with van der Waals surface area (Å²) >= 11 is 0. The Morgan fingerprint density at radius 2 is 1.50 bits per heavy atom. The van der Waals surface area contributed by atoms with Gasteiger partial charge in [-0.3, -0.25) is 9.69 Å². The minimum Gasteiger partial charge on any atom is -0.454 e. The number of fused-ring (bicyclic) bond motifs is 1. The zero-order valence-corrected chi connectivity index (χ0v) is 17.9. The molecular weight excluding hydrogens is 400 g/mol. The molecule has 3 aromatic carbocycles. The molecular formula is C27H26N2O3. The van der Waals surface area contributed by atoms with Crippen molar-refractivity contribution in [2.45, 2.75) is 6.54 Å². The predicted molar refractivity (Wildman–Crippen MR) is 125 cm³/mol. The van der Waals surface area contributed by atoms with Crippen LogP contribution in [0, 0.1) is 0 Å². The molecule has 5 rings (SSSR count). The third-order valence-electron chi connectivity index (χ3n) is 5.93. The topological polar surface area (TPSA) is 42.0 Å². The third-order valence-corrected chi connectivity index (χ3v) is 5.93. The Hall–Kier alpha value is -3.57. The lowest BCUT2D eigenvalue weighted by Gasteiger charge is -2.35. The summed E-state index contributed by atoms with van der Waals surface area (Å²) in [7, 11) is 0. The monoisotopic (exact) mass is 426 g/mol. The van der Waals surface area contributed by atoms with Crippen molar-refractivity contribution in [1.82, 2.24) is 9.80 Å². The average Bonchev–Trinajstić information content (AvgIpc) is 3.32. The number of hydrogen-bond donors (Lipinski definition) is 0. The van der Waals surface area contributed by atoms with E-state index in [1.807, 2.05) is 77.7 Å². The lowest BCUT2D eigenvalue weighted by molar-refractivity contribution is -0.126. The normalized spacial score (nSPS) is 16.2. The van der Waals surface area contributed by atoms with Crippen molar-refractivity contribution in [3.05, 3.63) is 95.6 Å². The number of nitrogens with zero attached hydrogens (tertiary/aromatic N) is 2. The van der Waals surface area contributed by atoms with Crippen molar-refractivity contribution in [1.29, 1.82) is 0 Å². The van der Waals surface area contributed by atoms with Gasteiger partial charge < -0.3 is 14.4 Å². The SMILES string of the molecule is O=C(C(=Cc1ccccc1)c1ccccc1)N1CCN(Cc2ccc3c(c2)OCO3)CC1. The second kappa shape index (κ2) is 9.28. The van der Waals surface area contributed by atoms with E-state index in [4.69, 9.17) is 9.47 Å². The number of rotatable bonds is 5. The molecule has 1 fully saturated rings. The molecule has 0 N–H and O–H groups in total. The molecule has 0 radical (unpaired) electrons. The molecule has 5 heteroatoms. The molecule has 0 aromatic heterocycles. The highest BCUT2D eigenvalue weighted by Crippen LogP contribution is 2.33. The van der Waals surface area contributed by atoms with Gasteiger partial charge in [-0.1, -0.05) is 66.7 Å². The zero-order valence-electron chi connectivity index (χ0n) is 17.9. The second-order valence-electron chi connectivity index (χ2n) is 8.09. The molecule has 2 aliphatic heterocycles. The predicted octanol–water partition coefficient (Wildman–Crippen LogP) is 4.30. The fourth-order valence-electron chi connectivity index (χ4n) is 4.18. The van der Waals surface area contributed by atoms with Gasteiger partial charge >= 0.3 is 0 Å². The van der Waals surface area contributed by atoms with E-state index in [2.05, 4.69) is 17.0 Å². The fourth-order valence-corrected chi connectivity index (χ4v) is 4.18. The summed E-state index contributed by atoms with van der Waals surface area (Å²) in [5, 5.41) is 0. The molecule has 0 spiro atoms. The fraction of sp³-hybridized carbons (Fsp3) is 0.222. The highest BCUT2D eigenvalue weighted by molar-refractivity contribution is 6.24. The number of carbonyl (C=O) groups excluding carboxylic acids is 1. The highest BCUT2D eigenvalue weighted by Gasteiger charge is 2.25. The maximum absolute atomic E-state index is 13.5. The van der Waals surface area contributed by atoms with Crippen LogP contribution in [0.15, 0.2) is 78.9 Å². The van der Waals surface area contributed by atoms with Crippen LogP contribution >= 0.6 is 0 Å². The quantitative estimate of drug-likeness (QED) is 0.451. The van der Waals surface area contributed by atoms with E-state index in [9.17, 15) is 4.79 Å². The molecule has 3 aromatic rings. The van der Waals surface area contributed by atoms with E-state index in [0.717, 1.165) is 47.8 Å². The molecule has 32 heavy (non-hydrogen) atoms. The van der Waals surface area contributed by atoms with Gasteiger partial charge in [0.1, 0.15) is 0 Å². The summed E-state index contributed by atoms with van der Waals surface area (Å²) in [6, 6.07) is 26.1. The van der Waals surface area contributed by atoms with Crippen molar-refractivity contribution >= 4 is 17.6 Å². The van der Waals surface area contributed by atoms with Gasteiger partial charge in [0.15, 0.2) is 11.5 Å². The smallest absolute Gasteiger partial charge is 0.254 e. The number of benzene rings is 3. The zero-order chi connectivity index (χ0) is 21.8. The van der Waals surface area contributed by atoms with Gasteiger partial charge in [0.05, 0.1) is 0 Å². The first-order chi connectivity index (χ1) is 15.8. The lowest BCUT2D eigenvalue weighted by atomic mass is 10.0. The number of carbonyl (C=O) groups is 1. The Morgan fingerprint density at radius 1 is 0.812 bits per heavy atom. The Bertz CT molecular complexity index is 1100. The molecule has 2 aliphatic rings. The van der Waals surface area contributed by atoms with Crippen molar-refractivity contribution in [2.75, 3.05) is 33.0 Å². The standard InChI is InChI=1S/C27H26N2O3/c30-27(24(23-9-5-2-6-10-23)17-21-7-3-1-4-8-21)29-15-13-28(14-16-29)19-22-11-12-25-26(18-22)32-20-31-25/h1-12,17-18H,13-16,19-20H2. The lowest BCUT2D eigenvalue weighted by Crippen LogP contribution is -2.48. The maximum Gasteiger partial charge on any atom is 0.254 e. The summed E-state index contributed by atoms with van der Waals surface area (Å²) in [5.74, 6) is 1.71. The van der Waals surface area contributed by atoms with Gasteiger partial charge in [-0.2, -0.15) is 0 Å². The van der Waals surface area contributed by atoms with E-state index in [0.29, 0.717) is 19.9 Å². The largest absolute Gasteiger partial charge is 0.454 e. The van der Waals surface area contributed by atoms with Gasteiger partial charge in [-0.05, 0) is 34.9 Å². The summed E-state index contributed by atoms with van der Waals surface area (Å²) in [6.07, 6.45) is 2.00. The Morgan fingerprint density at radius 3 is 2.25 bits per heavy atom. The number of ether oxygens (including phenoxy) is 2. The molecule has 0 unspecified atom stereocenters. The number of amides is 1. The van der Waals surface area contributed by atoms with Gasteiger partial charge in [-0.15, -0.1) is 0 Å². The number of piperazine rings is 1. The molecule has 0 atom stereocenters. The van der Waals surface area contributed by atoms with Gasteiger partial charge in [-0.25, -0.2) is 0 Å². The molecule has 0 saturated carbocycles. The molecule has 2 heterocycles. The van der Waals surface area contributed by atoms with E-state index in [1.165, 1.54) is 5.56 Å². The van der Waals surface area contributed by atoms with Crippen LogP contribution in [-0.2, 0) is 11.3 Å². The van der Waals surface area contributed by atoms with E-state index < -0.39 is 0 Å². The Kier molecular flexibility index (Phi) is 5.90. The second-order valence-corrected chi connectivity index (χ2v) is 8.09. The number of hydrogen-bond acceptors (Lipinski definition) is 4. The van der Waals surface area contributed by atoms with Crippen molar-refractivity contribution < 1.29 is 14.3 Å². The van der Waals surface area contributed by atoms with E-state index >= 15 is 0 Å². The van der Waals surface area contributed by atoms with Gasteiger partial charge in [0.2, 0.25) is 6.79 Å².